The van der Waals surface area contributed by atoms with Crippen molar-refractivity contribution in [2.75, 3.05) is 20.6 Å². The van der Waals surface area contributed by atoms with Crippen LogP contribution in [0.25, 0.3) is 0 Å². The zero-order chi connectivity index (χ0) is 10.3. The first-order valence-electron chi connectivity index (χ1n) is 4.24. The van der Waals surface area contributed by atoms with E-state index in [-0.39, 0.29) is 11.5 Å². The van der Waals surface area contributed by atoms with Crippen molar-refractivity contribution in [3.63, 3.8) is 0 Å². The number of hydrogen-bond acceptors (Lipinski definition) is 2. The van der Waals surface area contributed by atoms with Gasteiger partial charge in [0.05, 0.1) is 0 Å². The Morgan fingerprint density at radius 2 is 2.00 bits per heavy atom. The second-order valence-corrected chi connectivity index (χ2v) is 3.17. The number of nitrogens with zero attached hydrogens (tertiary/aromatic N) is 1. The average molecular weight is 182 g/mol. The maximum atomic E-state index is 11.0. The van der Waals surface area contributed by atoms with Crippen LogP contribution >= 0.6 is 0 Å². The van der Waals surface area contributed by atoms with E-state index in [1.807, 2.05) is 19.0 Å². The molecule has 0 heterocycles. The van der Waals surface area contributed by atoms with Crippen LogP contribution in [0.5, 0.6) is 0 Å². The highest BCUT2D eigenvalue weighted by Gasteiger charge is 1.97. The fourth-order valence-corrected chi connectivity index (χ4v) is 0.839. The molecule has 0 amide bonds. The van der Waals surface area contributed by atoms with Gasteiger partial charge in [-0.05, 0) is 39.2 Å². The Morgan fingerprint density at radius 3 is 2.46 bits per heavy atom. The van der Waals surface area contributed by atoms with Crippen molar-refractivity contribution in [3.05, 3.63) is 24.5 Å². The number of carbonyl (C=O) groups excluding carboxylic acids is 1. The Kier molecular flexibility index (Phi) is 5.89. The SMILES string of the molecule is C=C([O])/C=C\C(=O)CCCN(C)C. The second-order valence-electron chi connectivity index (χ2n) is 3.17. The van der Waals surface area contributed by atoms with Crippen LogP contribution in [-0.4, -0.2) is 31.3 Å². The second kappa shape index (κ2) is 6.43. The number of rotatable bonds is 6. The van der Waals surface area contributed by atoms with Crippen molar-refractivity contribution in [2.24, 2.45) is 0 Å². The highest BCUT2D eigenvalue weighted by molar-refractivity contribution is 5.89. The number of carbonyl (C=O) groups is 1. The van der Waals surface area contributed by atoms with Gasteiger partial charge in [-0.3, -0.25) is 9.90 Å². The van der Waals surface area contributed by atoms with Gasteiger partial charge in [-0.2, -0.15) is 0 Å². The maximum Gasteiger partial charge on any atom is 0.171 e. The lowest BCUT2D eigenvalue weighted by atomic mass is 10.2. The molecule has 0 spiro atoms. The summed E-state index contributed by atoms with van der Waals surface area (Å²) in [6, 6.07) is 0. The van der Waals surface area contributed by atoms with E-state index >= 15 is 0 Å². The van der Waals surface area contributed by atoms with Crippen molar-refractivity contribution in [2.45, 2.75) is 12.8 Å². The van der Waals surface area contributed by atoms with Gasteiger partial charge in [0.25, 0.3) is 0 Å². The molecule has 0 aliphatic heterocycles. The molecule has 0 aromatic rings. The minimum Gasteiger partial charge on any atom is -0.309 e. The summed E-state index contributed by atoms with van der Waals surface area (Å²) in [5.74, 6) is -0.347. The molecule has 0 N–H and O–H groups in total. The quantitative estimate of drug-likeness (QED) is 0.354. The molecule has 1 radical (unpaired) electrons. The van der Waals surface area contributed by atoms with Crippen LogP contribution in [0.3, 0.4) is 0 Å². The molecule has 0 saturated carbocycles. The molecule has 0 atom stereocenters. The first kappa shape index (κ1) is 11.9. The molecule has 0 saturated heterocycles. The summed E-state index contributed by atoms with van der Waals surface area (Å²) in [6.07, 6.45) is 3.81. The van der Waals surface area contributed by atoms with Crippen LogP contribution in [0.4, 0.5) is 0 Å². The monoisotopic (exact) mass is 182 g/mol. The lowest BCUT2D eigenvalue weighted by Crippen LogP contribution is -2.13. The summed E-state index contributed by atoms with van der Waals surface area (Å²) in [5.41, 5.74) is 0. The normalized spacial score (nSPS) is 11.0. The average Bonchev–Trinajstić information content (AvgIpc) is 2.00. The molecule has 0 bridgehead atoms. The number of ketones is 1. The van der Waals surface area contributed by atoms with Crippen LogP contribution in [0.2, 0.25) is 0 Å². The maximum absolute atomic E-state index is 11.0. The van der Waals surface area contributed by atoms with Crippen molar-refractivity contribution >= 4 is 5.78 Å². The van der Waals surface area contributed by atoms with Crippen LogP contribution in [-0.2, 0) is 9.90 Å². The molecule has 0 rings (SSSR count). The van der Waals surface area contributed by atoms with Crippen LogP contribution in [0.15, 0.2) is 24.5 Å². The Hall–Kier alpha value is -1.09. The first-order valence-corrected chi connectivity index (χ1v) is 4.24. The summed E-state index contributed by atoms with van der Waals surface area (Å²) in [4.78, 5) is 13.1. The van der Waals surface area contributed by atoms with Crippen molar-refractivity contribution in [1.82, 2.24) is 4.90 Å². The van der Waals surface area contributed by atoms with Gasteiger partial charge in [-0.1, -0.05) is 6.58 Å². The van der Waals surface area contributed by atoms with E-state index in [1.54, 1.807) is 0 Å². The third-order valence-electron chi connectivity index (χ3n) is 1.48. The molecule has 0 fully saturated rings. The predicted octanol–water partition coefficient (Wildman–Crippen LogP) is 1.40. The molecule has 0 unspecified atom stereocenters. The summed E-state index contributed by atoms with van der Waals surface area (Å²) in [6.45, 7) is 4.02. The molecule has 3 heteroatoms. The van der Waals surface area contributed by atoms with Crippen LogP contribution in [0.1, 0.15) is 12.8 Å². The van der Waals surface area contributed by atoms with Crippen molar-refractivity contribution < 1.29 is 9.90 Å². The standard InChI is InChI=1S/C10H16NO2/c1-9(12)6-7-10(13)5-4-8-11(2)3/h6-7H,1,4-5,8H2,2-3H3/b7-6-. The summed E-state index contributed by atoms with van der Waals surface area (Å²) in [7, 11) is 3.92. The van der Waals surface area contributed by atoms with E-state index in [0.29, 0.717) is 6.42 Å². The Bertz CT molecular complexity index is 207. The van der Waals surface area contributed by atoms with E-state index in [9.17, 15) is 9.90 Å². The third-order valence-corrected chi connectivity index (χ3v) is 1.48. The van der Waals surface area contributed by atoms with Gasteiger partial charge >= 0.3 is 0 Å². The molecule has 13 heavy (non-hydrogen) atoms. The van der Waals surface area contributed by atoms with Gasteiger partial charge in [0, 0.05) is 6.42 Å². The molecular weight excluding hydrogens is 166 g/mol. The Balaban J connectivity index is 3.58. The van der Waals surface area contributed by atoms with E-state index < -0.39 is 0 Å². The minimum atomic E-state index is -0.332. The Labute approximate surface area is 79.4 Å². The molecule has 73 valence electrons. The minimum absolute atomic E-state index is 0.0150. The smallest absolute Gasteiger partial charge is 0.171 e. The largest absolute Gasteiger partial charge is 0.309 e. The van der Waals surface area contributed by atoms with E-state index in [1.165, 1.54) is 12.2 Å². The summed E-state index contributed by atoms with van der Waals surface area (Å²) < 4.78 is 0. The highest BCUT2D eigenvalue weighted by Crippen LogP contribution is 1.95. The summed E-state index contributed by atoms with van der Waals surface area (Å²) >= 11 is 0. The third kappa shape index (κ3) is 8.82. The number of hydrogen-bond donors (Lipinski definition) is 0. The number of allylic oxidation sites excluding steroid dienone is 2. The lowest BCUT2D eigenvalue weighted by Gasteiger charge is -2.06. The van der Waals surface area contributed by atoms with E-state index in [4.69, 9.17) is 0 Å². The fraction of sp³-hybridized carbons (Fsp3) is 0.500. The highest BCUT2D eigenvalue weighted by atomic mass is 16.3. The van der Waals surface area contributed by atoms with E-state index in [2.05, 4.69) is 6.58 Å². The molecule has 3 nitrogen and oxygen atoms in total. The van der Waals surface area contributed by atoms with Crippen molar-refractivity contribution in [3.8, 4) is 0 Å². The van der Waals surface area contributed by atoms with Gasteiger partial charge in [0.2, 0.25) is 0 Å². The van der Waals surface area contributed by atoms with Crippen LogP contribution in [0, 0.1) is 0 Å². The van der Waals surface area contributed by atoms with Gasteiger partial charge in [0.15, 0.2) is 11.5 Å². The molecule has 0 aliphatic carbocycles. The zero-order valence-corrected chi connectivity index (χ0v) is 8.25. The zero-order valence-electron chi connectivity index (χ0n) is 8.25. The van der Waals surface area contributed by atoms with Gasteiger partial charge in [-0.15, -0.1) is 0 Å². The van der Waals surface area contributed by atoms with E-state index in [0.717, 1.165) is 13.0 Å². The molecule has 0 aromatic heterocycles. The fourth-order valence-electron chi connectivity index (χ4n) is 0.839. The van der Waals surface area contributed by atoms with Gasteiger partial charge in [0.1, 0.15) is 0 Å². The topological polar surface area (TPSA) is 40.2 Å². The molecule has 0 aromatic carbocycles. The van der Waals surface area contributed by atoms with Gasteiger partial charge in [-0.25, -0.2) is 0 Å². The first-order chi connectivity index (χ1) is 6.02. The Morgan fingerprint density at radius 1 is 1.38 bits per heavy atom. The van der Waals surface area contributed by atoms with Crippen LogP contribution < -0.4 is 0 Å². The predicted molar refractivity (Wildman–Crippen MR) is 51.8 cm³/mol. The molecular formula is C10H16NO2. The van der Waals surface area contributed by atoms with Gasteiger partial charge < -0.3 is 4.90 Å². The summed E-state index contributed by atoms with van der Waals surface area (Å²) in [5, 5.41) is 10.4. The molecule has 0 aliphatic rings. The lowest BCUT2D eigenvalue weighted by molar-refractivity contribution is -0.114. The van der Waals surface area contributed by atoms with Crippen molar-refractivity contribution in [1.29, 1.82) is 0 Å².